The van der Waals surface area contributed by atoms with Gasteiger partial charge in [0.05, 0.1) is 16.1 Å². The number of hydrogen-bond acceptors (Lipinski definition) is 4. The molecule has 0 bridgehead atoms. The lowest BCUT2D eigenvalue weighted by Gasteiger charge is -2.31. The van der Waals surface area contributed by atoms with Crippen molar-refractivity contribution in [1.82, 2.24) is 10.3 Å². The second-order valence-corrected chi connectivity index (χ2v) is 6.52. The number of thiazole rings is 1. The van der Waals surface area contributed by atoms with Gasteiger partial charge in [-0.25, -0.2) is 4.98 Å². The summed E-state index contributed by atoms with van der Waals surface area (Å²) in [5, 5.41) is 3.82. The van der Waals surface area contributed by atoms with Crippen LogP contribution in [0.25, 0.3) is 10.2 Å². The minimum absolute atomic E-state index is 0.0846. The molecule has 1 N–H and O–H groups in total. The number of fused-ring (bicyclic) bond motifs is 1. The van der Waals surface area contributed by atoms with Gasteiger partial charge in [-0.1, -0.05) is 30.4 Å². The predicted molar refractivity (Wildman–Crippen MR) is 88.0 cm³/mol. The third kappa shape index (κ3) is 2.75. The lowest BCUT2D eigenvalue weighted by Crippen LogP contribution is -2.42. The van der Waals surface area contributed by atoms with Crippen LogP contribution < -0.4 is 10.2 Å². The highest BCUT2D eigenvalue weighted by Gasteiger charge is 2.26. The molecule has 1 unspecified atom stereocenters. The number of anilines is 1. The number of aromatic nitrogens is 1. The Balaban J connectivity index is 1.88. The fraction of sp³-hybridized carbons (Fsp3) is 0.500. The van der Waals surface area contributed by atoms with Gasteiger partial charge < -0.3 is 10.2 Å². The van der Waals surface area contributed by atoms with Crippen LogP contribution in [0.3, 0.4) is 0 Å². The summed E-state index contributed by atoms with van der Waals surface area (Å²) in [4.78, 5) is 19.0. The first-order valence-electron chi connectivity index (χ1n) is 7.58. The lowest BCUT2D eigenvalue weighted by atomic mass is 9.98. The van der Waals surface area contributed by atoms with Crippen LogP contribution in [0.2, 0.25) is 0 Å². The number of para-hydroxylation sites is 1. The molecule has 1 aromatic carbocycles. The predicted octanol–water partition coefficient (Wildman–Crippen LogP) is 2.82. The molecule has 0 saturated carbocycles. The summed E-state index contributed by atoms with van der Waals surface area (Å²) in [6, 6.07) is 6.39. The Morgan fingerprint density at radius 1 is 1.52 bits per heavy atom. The Labute approximate surface area is 129 Å². The number of amides is 1. The van der Waals surface area contributed by atoms with Gasteiger partial charge in [0.1, 0.15) is 0 Å². The zero-order chi connectivity index (χ0) is 14.8. The number of hydrogen-bond donors (Lipinski definition) is 1. The van der Waals surface area contributed by atoms with Crippen LogP contribution >= 0.6 is 11.3 Å². The first-order chi connectivity index (χ1) is 10.2. The van der Waals surface area contributed by atoms with Gasteiger partial charge >= 0.3 is 0 Å². The molecule has 1 saturated heterocycles. The number of carbonyl (C=O) groups is 1. The molecule has 4 nitrogen and oxygen atoms in total. The molecule has 1 aromatic heterocycles. The largest absolute Gasteiger partial charge is 0.359 e. The van der Waals surface area contributed by atoms with E-state index in [1.165, 1.54) is 10.3 Å². The standard InChI is InChI=1S/C16H21N3OS/c1-3-11-6-4-8-13-14(11)18-16(21-13)19-9-5-7-12(10-19)15(20)17-2/h4,6,8,12H,3,5,7,9-10H2,1-2H3,(H,17,20). The Bertz CT molecular complexity index is 652. The van der Waals surface area contributed by atoms with Crippen molar-refractivity contribution in [3.05, 3.63) is 23.8 Å². The SMILES string of the molecule is CCc1cccc2sc(N3CCCC(C(=O)NC)C3)nc12. The van der Waals surface area contributed by atoms with E-state index in [0.717, 1.165) is 43.0 Å². The normalized spacial score (nSPS) is 19.0. The van der Waals surface area contributed by atoms with E-state index in [-0.39, 0.29) is 11.8 Å². The van der Waals surface area contributed by atoms with E-state index < -0.39 is 0 Å². The monoisotopic (exact) mass is 303 g/mol. The van der Waals surface area contributed by atoms with Crippen molar-refractivity contribution in [2.24, 2.45) is 5.92 Å². The van der Waals surface area contributed by atoms with Crippen LogP contribution in [0.5, 0.6) is 0 Å². The van der Waals surface area contributed by atoms with E-state index in [9.17, 15) is 4.79 Å². The molecule has 5 heteroatoms. The van der Waals surface area contributed by atoms with Crippen LogP contribution in [-0.4, -0.2) is 31.0 Å². The minimum Gasteiger partial charge on any atom is -0.359 e. The van der Waals surface area contributed by atoms with E-state index in [2.05, 4.69) is 35.3 Å². The highest BCUT2D eigenvalue weighted by atomic mass is 32.1. The van der Waals surface area contributed by atoms with Gasteiger partial charge in [0, 0.05) is 20.1 Å². The van der Waals surface area contributed by atoms with Crippen molar-refractivity contribution >= 4 is 32.6 Å². The summed E-state index contributed by atoms with van der Waals surface area (Å²) in [6.45, 7) is 3.94. The molecule has 2 aromatic rings. The van der Waals surface area contributed by atoms with Crippen LogP contribution in [-0.2, 0) is 11.2 Å². The Hall–Kier alpha value is -1.62. The number of nitrogens with zero attached hydrogens (tertiary/aromatic N) is 2. The Kier molecular flexibility index (Phi) is 4.10. The van der Waals surface area contributed by atoms with Crippen molar-refractivity contribution in [3.8, 4) is 0 Å². The van der Waals surface area contributed by atoms with Crippen LogP contribution in [0, 0.1) is 5.92 Å². The van der Waals surface area contributed by atoms with Gasteiger partial charge in [-0.05, 0) is 30.9 Å². The van der Waals surface area contributed by atoms with Crippen LogP contribution in [0.15, 0.2) is 18.2 Å². The average molecular weight is 303 g/mol. The average Bonchev–Trinajstić information content (AvgIpc) is 2.98. The number of aryl methyl sites for hydroxylation is 1. The van der Waals surface area contributed by atoms with Gasteiger partial charge in [-0.2, -0.15) is 0 Å². The highest BCUT2D eigenvalue weighted by Crippen LogP contribution is 2.33. The molecule has 1 amide bonds. The number of benzene rings is 1. The molecule has 1 fully saturated rings. The fourth-order valence-electron chi connectivity index (χ4n) is 2.98. The quantitative estimate of drug-likeness (QED) is 0.948. The third-order valence-electron chi connectivity index (χ3n) is 4.18. The van der Waals surface area contributed by atoms with Crippen molar-refractivity contribution in [2.45, 2.75) is 26.2 Å². The zero-order valence-corrected chi connectivity index (χ0v) is 13.4. The topological polar surface area (TPSA) is 45.2 Å². The maximum absolute atomic E-state index is 11.9. The maximum atomic E-state index is 11.9. The summed E-state index contributed by atoms with van der Waals surface area (Å²) in [5.74, 6) is 0.233. The minimum atomic E-state index is 0.0846. The van der Waals surface area contributed by atoms with E-state index in [1.807, 2.05) is 0 Å². The number of carbonyl (C=O) groups excluding carboxylic acids is 1. The molecule has 0 radical (unpaired) electrons. The van der Waals surface area contributed by atoms with Crippen molar-refractivity contribution in [1.29, 1.82) is 0 Å². The summed E-state index contributed by atoms with van der Waals surface area (Å²) >= 11 is 1.74. The van der Waals surface area contributed by atoms with Gasteiger partial charge in [0.2, 0.25) is 5.91 Å². The zero-order valence-electron chi connectivity index (χ0n) is 12.6. The molecule has 1 aliphatic rings. The van der Waals surface area contributed by atoms with Gasteiger partial charge in [0.25, 0.3) is 0 Å². The maximum Gasteiger partial charge on any atom is 0.224 e. The molecule has 2 heterocycles. The first kappa shape index (κ1) is 14.3. The van der Waals surface area contributed by atoms with Gasteiger partial charge in [0.15, 0.2) is 5.13 Å². The number of rotatable bonds is 3. The lowest BCUT2D eigenvalue weighted by molar-refractivity contribution is -0.124. The molecule has 0 spiro atoms. The van der Waals surface area contributed by atoms with Gasteiger partial charge in [-0.3, -0.25) is 4.79 Å². The molecule has 21 heavy (non-hydrogen) atoms. The molecule has 3 rings (SSSR count). The molecular formula is C16H21N3OS. The highest BCUT2D eigenvalue weighted by molar-refractivity contribution is 7.22. The van der Waals surface area contributed by atoms with Crippen LogP contribution in [0.1, 0.15) is 25.3 Å². The number of nitrogens with one attached hydrogen (secondary N) is 1. The number of piperidine rings is 1. The van der Waals surface area contributed by atoms with E-state index >= 15 is 0 Å². The van der Waals surface area contributed by atoms with E-state index in [4.69, 9.17) is 4.98 Å². The van der Waals surface area contributed by atoms with Gasteiger partial charge in [-0.15, -0.1) is 0 Å². The molecule has 0 aliphatic carbocycles. The van der Waals surface area contributed by atoms with E-state index in [0.29, 0.717) is 0 Å². The summed E-state index contributed by atoms with van der Waals surface area (Å²) in [6.07, 6.45) is 3.03. The molecule has 1 atom stereocenters. The van der Waals surface area contributed by atoms with Crippen molar-refractivity contribution in [2.75, 3.05) is 25.0 Å². The fourth-order valence-corrected chi connectivity index (χ4v) is 4.03. The van der Waals surface area contributed by atoms with E-state index in [1.54, 1.807) is 18.4 Å². The second kappa shape index (κ2) is 6.02. The van der Waals surface area contributed by atoms with Crippen LogP contribution in [0.4, 0.5) is 5.13 Å². The molecule has 1 aliphatic heterocycles. The van der Waals surface area contributed by atoms with Crippen molar-refractivity contribution < 1.29 is 4.79 Å². The molecule has 112 valence electrons. The smallest absolute Gasteiger partial charge is 0.224 e. The summed E-state index contributed by atoms with van der Waals surface area (Å²) in [7, 11) is 1.71. The molecular weight excluding hydrogens is 282 g/mol. The Morgan fingerprint density at radius 2 is 2.38 bits per heavy atom. The third-order valence-corrected chi connectivity index (χ3v) is 5.26. The summed E-state index contributed by atoms with van der Waals surface area (Å²) < 4.78 is 1.24. The Morgan fingerprint density at radius 3 is 3.14 bits per heavy atom. The van der Waals surface area contributed by atoms with Crippen molar-refractivity contribution in [3.63, 3.8) is 0 Å². The summed E-state index contributed by atoms with van der Waals surface area (Å²) in [5.41, 5.74) is 2.43. The first-order valence-corrected chi connectivity index (χ1v) is 8.39. The second-order valence-electron chi connectivity index (χ2n) is 5.51.